The largest absolute Gasteiger partial charge is 0.468 e. The molecule has 3 nitrogen and oxygen atoms in total. The first-order chi connectivity index (χ1) is 11.1. The summed E-state index contributed by atoms with van der Waals surface area (Å²) in [5.41, 5.74) is 2.67. The summed E-state index contributed by atoms with van der Waals surface area (Å²) in [4.78, 5) is 14.1. The number of methoxy groups -OCH3 is 1. The lowest BCUT2D eigenvalue weighted by molar-refractivity contribution is -0.148. The van der Waals surface area contributed by atoms with Gasteiger partial charge in [0.25, 0.3) is 0 Å². The van der Waals surface area contributed by atoms with E-state index < -0.39 is 6.04 Å². The summed E-state index contributed by atoms with van der Waals surface area (Å²) < 4.78 is 19.0. The number of fused-ring (bicyclic) bond motifs is 1. The van der Waals surface area contributed by atoms with E-state index in [2.05, 4.69) is 0 Å². The summed E-state index contributed by atoms with van der Waals surface area (Å²) in [6.07, 6.45) is 0.551. The van der Waals surface area contributed by atoms with Crippen LogP contribution in [0.4, 0.5) is 4.39 Å². The molecule has 2 aromatic rings. The van der Waals surface area contributed by atoms with Crippen LogP contribution in [0.25, 0.3) is 0 Å². The molecule has 0 amide bonds. The Labute approximate surface area is 139 Å². The molecule has 120 valence electrons. The van der Waals surface area contributed by atoms with Gasteiger partial charge in [-0.3, -0.25) is 9.69 Å². The minimum atomic E-state index is -0.439. The van der Waals surface area contributed by atoms with Crippen LogP contribution in [0.2, 0.25) is 5.02 Å². The van der Waals surface area contributed by atoms with Crippen molar-refractivity contribution in [1.82, 2.24) is 4.90 Å². The molecule has 1 heterocycles. The van der Waals surface area contributed by atoms with Gasteiger partial charge in [-0.2, -0.15) is 0 Å². The first-order valence-electron chi connectivity index (χ1n) is 7.41. The lowest BCUT2D eigenvalue weighted by Gasteiger charge is -2.35. The zero-order valence-corrected chi connectivity index (χ0v) is 13.5. The van der Waals surface area contributed by atoms with Crippen LogP contribution in [-0.2, 0) is 29.0 Å². The number of benzene rings is 2. The van der Waals surface area contributed by atoms with Gasteiger partial charge < -0.3 is 4.74 Å². The first kappa shape index (κ1) is 16.0. The Bertz CT molecular complexity index is 714. The van der Waals surface area contributed by atoms with Gasteiger partial charge >= 0.3 is 5.97 Å². The number of carbonyl (C=O) groups is 1. The van der Waals surface area contributed by atoms with Crippen molar-refractivity contribution in [2.24, 2.45) is 0 Å². The molecule has 0 bridgehead atoms. The molecular weight excluding hydrogens is 317 g/mol. The monoisotopic (exact) mass is 333 g/mol. The lowest BCUT2D eigenvalue weighted by Crippen LogP contribution is -2.45. The van der Waals surface area contributed by atoms with Gasteiger partial charge in [0, 0.05) is 23.7 Å². The van der Waals surface area contributed by atoms with Crippen LogP contribution in [0.5, 0.6) is 0 Å². The van der Waals surface area contributed by atoms with Crippen LogP contribution in [0.1, 0.15) is 16.7 Å². The third-order valence-corrected chi connectivity index (χ3v) is 4.60. The Morgan fingerprint density at radius 2 is 2.00 bits per heavy atom. The minimum Gasteiger partial charge on any atom is -0.468 e. The summed E-state index contributed by atoms with van der Waals surface area (Å²) in [5, 5.41) is 0.368. The minimum absolute atomic E-state index is 0.263. The highest BCUT2D eigenvalue weighted by Gasteiger charge is 2.32. The van der Waals surface area contributed by atoms with E-state index in [-0.39, 0.29) is 18.3 Å². The second-order valence-corrected chi connectivity index (χ2v) is 6.02. The molecule has 5 heteroatoms. The molecule has 2 aromatic carbocycles. The van der Waals surface area contributed by atoms with Crippen molar-refractivity contribution in [1.29, 1.82) is 0 Å². The molecule has 23 heavy (non-hydrogen) atoms. The smallest absolute Gasteiger partial charge is 0.323 e. The molecule has 0 saturated carbocycles. The van der Waals surface area contributed by atoms with Crippen molar-refractivity contribution in [3.63, 3.8) is 0 Å². The second kappa shape index (κ2) is 6.69. The van der Waals surface area contributed by atoms with Gasteiger partial charge in [-0.05, 0) is 29.7 Å². The van der Waals surface area contributed by atoms with E-state index in [1.165, 1.54) is 13.2 Å². The lowest BCUT2D eigenvalue weighted by atomic mass is 9.93. The van der Waals surface area contributed by atoms with Crippen LogP contribution in [0, 0.1) is 5.82 Å². The number of halogens is 2. The van der Waals surface area contributed by atoms with Crippen molar-refractivity contribution < 1.29 is 13.9 Å². The van der Waals surface area contributed by atoms with E-state index in [4.69, 9.17) is 16.3 Å². The number of rotatable bonds is 3. The number of carbonyl (C=O) groups excluding carboxylic acids is 1. The summed E-state index contributed by atoms with van der Waals surface area (Å²) in [7, 11) is 1.37. The maximum atomic E-state index is 14.1. The summed E-state index contributed by atoms with van der Waals surface area (Å²) in [6, 6.07) is 12.1. The predicted molar refractivity (Wildman–Crippen MR) is 86.6 cm³/mol. The fourth-order valence-electron chi connectivity index (χ4n) is 3.00. The highest BCUT2D eigenvalue weighted by Crippen LogP contribution is 2.28. The molecule has 1 atom stereocenters. The van der Waals surface area contributed by atoms with Crippen LogP contribution >= 0.6 is 11.6 Å². The Balaban J connectivity index is 1.93. The standard InChI is InChI=1S/C18H17ClFNO2/c1-23-18(22)17-9-12-5-2-3-6-13(12)10-21(17)11-14-15(19)7-4-8-16(14)20/h2-8,17H,9-11H2,1H3. The third-order valence-electron chi connectivity index (χ3n) is 4.24. The number of hydrogen-bond acceptors (Lipinski definition) is 3. The number of ether oxygens (including phenoxy) is 1. The van der Waals surface area contributed by atoms with E-state index >= 15 is 0 Å². The molecule has 0 aromatic heterocycles. The molecule has 1 aliphatic rings. The topological polar surface area (TPSA) is 29.5 Å². The number of nitrogens with zero attached hydrogens (tertiary/aromatic N) is 1. The predicted octanol–water partition coefficient (Wildman–Crippen LogP) is 3.58. The quantitative estimate of drug-likeness (QED) is 0.804. The molecule has 0 radical (unpaired) electrons. The highest BCUT2D eigenvalue weighted by molar-refractivity contribution is 6.31. The normalized spacial score (nSPS) is 17.6. The molecule has 1 unspecified atom stereocenters. The second-order valence-electron chi connectivity index (χ2n) is 5.62. The highest BCUT2D eigenvalue weighted by atomic mass is 35.5. The molecular formula is C18H17ClFNO2. The number of hydrogen-bond donors (Lipinski definition) is 0. The summed E-state index contributed by atoms with van der Waals surface area (Å²) in [6.45, 7) is 0.820. The Hall–Kier alpha value is -1.91. The summed E-state index contributed by atoms with van der Waals surface area (Å²) in [5.74, 6) is -0.674. The Morgan fingerprint density at radius 3 is 2.70 bits per heavy atom. The fourth-order valence-corrected chi connectivity index (χ4v) is 3.22. The van der Waals surface area contributed by atoms with Gasteiger partial charge in [0.1, 0.15) is 11.9 Å². The van der Waals surface area contributed by atoms with Crippen molar-refractivity contribution >= 4 is 17.6 Å². The SMILES string of the molecule is COC(=O)C1Cc2ccccc2CN1Cc1c(F)cccc1Cl. The first-order valence-corrected chi connectivity index (χ1v) is 7.79. The van der Waals surface area contributed by atoms with E-state index in [1.807, 2.05) is 29.2 Å². The molecule has 0 saturated heterocycles. The zero-order chi connectivity index (χ0) is 16.4. The van der Waals surface area contributed by atoms with Crippen molar-refractivity contribution in [3.05, 3.63) is 70.0 Å². The van der Waals surface area contributed by atoms with Crippen LogP contribution in [0.15, 0.2) is 42.5 Å². The maximum absolute atomic E-state index is 14.1. The molecule has 1 aliphatic heterocycles. The molecule has 0 N–H and O–H groups in total. The van der Waals surface area contributed by atoms with Crippen LogP contribution in [-0.4, -0.2) is 24.0 Å². The van der Waals surface area contributed by atoms with Gasteiger partial charge in [-0.1, -0.05) is 41.9 Å². The third kappa shape index (κ3) is 3.23. The van der Waals surface area contributed by atoms with E-state index in [0.717, 1.165) is 11.1 Å². The molecule has 0 spiro atoms. The van der Waals surface area contributed by atoms with E-state index in [0.29, 0.717) is 23.6 Å². The Kier molecular flexibility index (Phi) is 4.64. The van der Waals surface area contributed by atoms with Crippen LogP contribution < -0.4 is 0 Å². The van der Waals surface area contributed by atoms with Gasteiger partial charge in [0.2, 0.25) is 0 Å². The van der Waals surface area contributed by atoms with Gasteiger partial charge in [-0.25, -0.2) is 4.39 Å². The van der Waals surface area contributed by atoms with Gasteiger partial charge in [0.05, 0.1) is 7.11 Å². The van der Waals surface area contributed by atoms with Crippen molar-refractivity contribution in [2.45, 2.75) is 25.6 Å². The molecule has 0 fully saturated rings. The average molecular weight is 334 g/mol. The van der Waals surface area contributed by atoms with E-state index in [1.54, 1.807) is 12.1 Å². The number of esters is 1. The average Bonchev–Trinajstić information content (AvgIpc) is 2.57. The summed E-state index contributed by atoms with van der Waals surface area (Å²) >= 11 is 6.13. The van der Waals surface area contributed by atoms with E-state index in [9.17, 15) is 9.18 Å². The van der Waals surface area contributed by atoms with Gasteiger partial charge in [0.15, 0.2) is 0 Å². The Morgan fingerprint density at radius 1 is 1.26 bits per heavy atom. The van der Waals surface area contributed by atoms with Gasteiger partial charge in [-0.15, -0.1) is 0 Å². The maximum Gasteiger partial charge on any atom is 0.323 e. The van der Waals surface area contributed by atoms with Crippen molar-refractivity contribution in [2.75, 3.05) is 7.11 Å². The molecule has 3 rings (SSSR count). The zero-order valence-electron chi connectivity index (χ0n) is 12.8. The van der Waals surface area contributed by atoms with Crippen molar-refractivity contribution in [3.8, 4) is 0 Å². The van der Waals surface area contributed by atoms with Crippen LogP contribution in [0.3, 0.4) is 0 Å². The fraction of sp³-hybridized carbons (Fsp3) is 0.278. The molecule has 0 aliphatic carbocycles.